The zero-order valence-corrected chi connectivity index (χ0v) is 15.7. The SMILES string of the molecule is COc1ccc(S(=O)(=O)CCC(=O)NCCc2cscn2)cc1OC. The number of carbonyl (C=O) groups excluding carboxylic acids is 1. The van der Waals surface area contributed by atoms with Gasteiger partial charge in [-0.15, -0.1) is 11.3 Å². The molecular formula is C16H20N2O5S2. The molecule has 136 valence electrons. The van der Waals surface area contributed by atoms with Gasteiger partial charge in [0.2, 0.25) is 5.91 Å². The average molecular weight is 384 g/mol. The second-order valence-electron chi connectivity index (χ2n) is 5.17. The van der Waals surface area contributed by atoms with E-state index in [0.29, 0.717) is 24.5 Å². The number of carbonyl (C=O) groups is 1. The lowest BCUT2D eigenvalue weighted by Crippen LogP contribution is -2.27. The third-order valence-electron chi connectivity index (χ3n) is 3.50. The van der Waals surface area contributed by atoms with Crippen molar-refractivity contribution < 1.29 is 22.7 Å². The minimum Gasteiger partial charge on any atom is -0.493 e. The zero-order chi connectivity index (χ0) is 18.3. The van der Waals surface area contributed by atoms with Crippen molar-refractivity contribution in [3.8, 4) is 11.5 Å². The van der Waals surface area contributed by atoms with Gasteiger partial charge < -0.3 is 14.8 Å². The maximum atomic E-state index is 12.4. The summed E-state index contributed by atoms with van der Waals surface area (Å²) in [4.78, 5) is 16.1. The molecule has 1 N–H and O–H groups in total. The lowest BCUT2D eigenvalue weighted by atomic mass is 10.3. The maximum absolute atomic E-state index is 12.4. The summed E-state index contributed by atoms with van der Waals surface area (Å²) < 4.78 is 35.0. The van der Waals surface area contributed by atoms with Crippen LogP contribution >= 0.6 is 11.3 Å². The first-order valence-electron chi connectivity index (χ1n) is 7.55. The van der Waals surface area contributed by atoms with Gasteiger partial charge in [-0.25, -0.2) is 13.4 Å². The van der Waals surface area contributed by atoms with Gasteiger partial charge in [-0.1, -0.05) is 0 Å². The molecule has 0 aliphatic carbocycles. The summed E-state index contributed by atoms with van der Waals surface area (Å²) in [7, 11) is -0.679. The normalized spacial score (nSPS) is 11.1. The van der Waals surface area contributed by atoms with Crippen molar-refractivity contribution in [3.63, 3.8) is 0 Å². The van der Waals surface area contributed by atoms with Crippen LogP contribution in [0.15, 0.2) is 34.0 Å². The van der Waals surface area contributed by atoms with E-state index < -0.39 is 9.84 Å². The summed E-state index contributed by atoms with van der Waals surface area (Å²) in [5.41, 5.74) is 2.63. The second-order valence-corrected chi connectivity index (χ2v) is 7.99. The highest BCUT2D eigenvalue weighted by atomic mass is 32.2. The van der Waals surface area contributed by atoms with Crippen molar-refractivity contribution in [2.75, 3.05) is 26.5 Å². The number of nitrogens with one attached hydrogen (secondary N) is 1. The number of rotatable bonds is 9. The number of benzene rings is 1. The van der Waals surface area contributed by atoms with E-state index in [9.17, 15) is 13.2 Å². The van der Waals surface area contributed by atoms with Gasteiger partial charge in [-0.05, 0) is 12.1 Å². The van der Waals surface area contributed by atoms with Gasteiger partial charge in [0.15, 0.2) is 21.3 Å². The number of sulfone groups is 1. The molecule has 7 nitrogen and oxygen atoms in total. The molecule has 0 aliphatic rings. The highest BCUT2D eigenvalue weighted by Crippen LogP contribution is 2.29. The first kappa shape index (κ1) is 19.2. The largest absolute Gasteiger partial charge is 0.493 e. The topological polar surface area (TPSA) is 94.6 Å². The van der Waals surface area contributed by atoms with Gasteiger partial charge in [-0.3, -0.25) is 4.79 Å². The van der Waals surface area contributed by atoms with Crippen molar-refractivity contribution >= 4 is 27.1 Å². The van der Waals surface area contributed by atoms with Crippen molar-refractivity contribution in [2.24, 2.45) is 0 Å². The molecule has 0 fully saturated rings. The van der Waals surface area contributed by atoms with Gasteiger partial charge in [0.25, 0.3) is 0 Å². The highest BCUT2D eigenvalue weighted by Gasteiger charge is 2.18. The Hall–Kier alpha value is -2.13. The predicted octanol–water partition coefficient (Wildman–Crippen LogP) is 1.68. The Labute approximate surface area is 150 Å². The summed E-state index contributed by atoms with van der Waals surface area (Å²) in [6.07, 6.45) is 0.519. The van der Waals surface area contributed by atoms with Gasteiger partial charge in [-0.2, -0.15) is 0 Å². The first-order valence-corrected chi connectivity index (χ1v) is 10.1. The molecule has 9 heteroatoms. The fourth-order valence-electron chi connectivity index (χ4n) is 2.13. The number of thiazole rings is 1. The summed E-state index contributed by atoms with van der Waals surface area (Å²) in [6, 6.07) is 4.37. The van der Waals surface area contributed by atoms with Crippen molar-refractivity contribution in [1.82, 2.24) is 10.3 Å². The molecular weight excluding hydrogens is 364 g/mol. The molecule has 0 aliphatic heterocycles. The van der Waals surface area contributed by atoms with Crippen LogP contribution in [0.2, 0.25) is 0 Å². The Morgan fingerprint density at radius 3 is 2.64 bits per heavy atom. The second kappa shape index (κ2) is 8.82. The molecule has 2 aromatic rings. The van der Waals surface area contributed by atoms with Crippen LogP contribution in [0.3, 0.4) is 0 Å². The molecule has 25 heavy (non-hydrogen) atoms. The lowest BCUT2D eigenvalue weighted by molar-refractivity contribution is -0.120. The minimum absolute atomic E-state index is 0.0976. The maximum Gasteiger partial charge on any atom is 0.221 e. The van der Waals surface area contributed by atoms with Crippen molar-refractivity contribution in [3.05, 3.63) is 34.8 Å². The Morgan fingerprint density at radius 2 is 2.00 bits per heavy atom. The van der Waals surface area contributed by atoms with E-state index in [4.69, 9.17) is 9.47 Å². The van der Waals surface area contributed by atoms with Crippen LogP contribution < -0.4 is 14.8 Å². The quantitative estimate of drug-likeness (QED) is 0.707. The summed E-state index contributed by atoms with van der Waals surface area (Å²) in [6.45, 7) is 0.430. The number of amides is 1. The molecule has 2 rings (SSSR count). The summed E-state index contributed by atoms with van der Waals surface area (Å²) in [5, 5.41) is 4.61. The Morgan fingerprint density at radius 1 is 1.24 bits per heavy atom. The number of hydrogen-bond acceptors (Lipinski definition) is 7. The van der Waals surface area contributed by atoms with E-state index in [0.717, 1.165) is 5.69 Å². The van der Waals surface area contributed by atoms with Gasteiger partial charge in [0.05, 0.1) is 36.1 Å². The number of nitrogens with zero attached hydrogens (tertiary/aromatic N) is 1. The molecule has 0 spiro atoms. The van der Waals surface area contributed by atoms with Crippen LogP contribution in [0.25, 0.3) is 0 Å². The van der Waals surface area contributed by atoms with E-state index in [2.05, 4.69) is 10.3 Å². The monoisotopic (exact) mass is 384 g/mol. The lowest BCUT2D eigenvalue weighted by Gasteiger charge is -2.10. The smallest absolute Gasteiger partial charge is 0.221 e. The molecule has 0 radical (unpaired) electrons. The fraction of sp³-hybridized carbons (Fsp3) is 0.375. The summed E-state index contributed by atoms with van der Waals surface area (Å²) in [5.74, 6) is 0.196. The van der Waals surface area contributed by atoms with E-state index in [-0.39, 0.29) is 23.0 Å². The number of ether oxygens (including phenoxy) is 2. The van der Waals surface area contributed by atoms with Gasteiger partial charge in [0, 0.05) is 30.8 Å². The Bertz CT molecular complexity index is 804. The molecule has 1 amide bonds. The van der Waals surface area contributed by atoms with E-state index >= 15 is 0 Å². The van der Waals surface area contributed by atoms with E-state index in [1.807, 2.05) is 5.38 Å². The number of hydrogen-bond donors (Lipinski definition) is 1. The van der Waals surface area contributed by atoms with Gasteiger partial charge in [0.1, 0.15) is 0 Å². The summed E-state index contributed by atoms with van der Waals surface area (Å²) >= 11 is 1.49. The Balaban J connectivity index is 1.89. The van der Waals surface area contributed by atoms with Crippen LogP contribution in [0.5, 0.6) is 11.5 Å². The molecule has 0 bridgehead atoms. The fourth-order valence-corrected chi connectivity index (χ4v) is 3.98. The predicted molar refractivity (Wildman–Crippen MR) is 95.0 cm³/mol. The van der Waals surface area contributed by atoms with Gasteiger partial charge >= 0.3 is 0 Å². The Kier molecular flexibility index (Phi) is 6.77. The third-order valence-corrected chi connectivity index (χ3v) is 5.85. The van der Waals surface area contributed by atoms with E-state index in [1.54, 1.807) is 5.51 Å². The zero-order valence-electron chi connectivity index (χ0n) is 14.0. The first-order chi connectivity index (χ1) is 12.0. The molecule has 0 atom stereocenters. The number of methoxy groups -OCH3 is 2. The van der Waals surface area contributed by atoms with Crippen LogP contribution in [-0.4, -0.2) is 45.8 Å². The third kappa shape index (κ3) is 5.43. The molecule has 0 unspecified atom stereocenters. The minimum atomic E-state index is -3.59. The van der Waals surface area contributed by atoms with Crippen LogP contribution in [0.1, 0.15) is 12.1 Å². The van der Waals surface area contributed by atoms with Crippen LogP contribution in [0.4, 0.5) is 0 Å². The van der Waals surface area contributed by atoms with Crippen LogP contribution in [0, 0.1) is 0 Å². The number of aromatic nitrogens is 1. The molecule has 1 aromatic carbocycles. The van der Waals surface area contributed by atoms with E-state index in [1.165, 1.54) is 43.8 Å². The van der Waals surface area contributed by atoms with Crippen LogP contribution in [-0.2, 0) is 21.1 Å². The molecule has 0 saturated carbocycles. The highest BCUT2D eigenvalue weighted by molar-refractivity contribution is 7.91. The average Bonchev–Trinajstić information content (AvgIpc) is 3.12. The molecule has 1 heterocycles. The van der Waals surface area contributed by atoms with Crippen molar-refractivity contribution in [2.45, 2.75) is 17.7 Å². The standard InChI is InChI=1S/C16H20N2O5S2/c1-22-14-4-3-13(9-15(14)23-2)25(20,21)8-6-16(19)17-7-5-12-10-24-11-18-12/h3-4,9-11H,5-8H2,1-2H3,(H,17,19). The van der Waals surface area contributed by atoms with Crippen molar-refractivity contribution in [1.29, 1.82) is 0 Å². The molecule has 0 saturated heterocycles. The molecule has 1 aromatic heterocycles.